The second-order valence-electron chi connectivity index (χ2n) is 6.96. The van der Waals surface area contributed by atoms with Crippen LogP contribution in [-0.2, 0) is 10.0 Å². The summed E-state index contributed by atoms with van der Waals surface area (Å²) >= 11 is 6.20. The summed E-state index contributed by atoms with van der Waals surface area (Å²) in [5.41, 5.74) is 2.84. The van der Waals surface area contributed by atoms with Crippen LogP contribution < -0.4 is 14.8 Å². The molecule has 2 N–H and O–H groups in total. The van der Waals surface area contributed by atoms with Crippen LogP contribution in [-0.4, -0.2) is 27.5 Å². The molecule has 0 aliphatic carbocycles. The molecule has 6 nitrogen and oxygen atoms in total. The normalized spacial score (nSPS) is 11.1. The largest absolute Gasteiger partial charge is 0.492 e. The fraction of sp³-hybridized carbons (Fsp3) is 0.174. The molecule has 0 aliphatic heterocycles. The van der Waals surface area contributed by atoms with Gasteiger partial charge in [0.15, 0.2) is 0 Å². The number of anilines is 1. The fourth-order valence-corrected chi connectivity index (χ4v) is 4.17. The van der Waals surface area contributed by atoms with Crippen LogP contribution in [0.1, 0.15) is 21.5 Å². The number of benzene rings is 3. The van der Waals surface area contributed by atoms with Gasteiger partial charge in [0.05, 0.1) is 22.2 Å². The lowest BCUT2D eigenvalue weighted by atomic mass is 10.1. The van der Waals surface area contributed by atoms with E-state index in [1.54, 1.807) is 18.2 Å². The lowest BCUT2D eigenvalue weighted by molar-refractivity contribution is 0.0947. The quantitative estimate of drug-likeness (QED) is 0.484. The molecule has 8 heteroatoms. The maximum atomic E-state index is 12.4. The number of hydrogen-bond acceptors (Lipinski definition) is 4. The van der Waals surface area contributed by atoms with E-state index in [2.05, 4.69) is 10.0 Å². The summed E-state index contributed by atoms with van der Waals surface area (Å²) in [5.74, 6) is 0.415. The molecular weight excluding hydrogens is 436 g/mol. The lowest BCUT2D eigenvalue weighted by Crippen LogP contribution is -2.28. The molecule has 0 fully saturated rings. The summed E-state index contributed by atoms with van der Waals surface area (Å²) in [6.07, 6.45) is 0. The zero-order chi connectivity index (χ0) is 22.4. The Labute approximate surface area is 187 Å². The van der Waals surface area contributed by atoms with Crippen molar-refractivity contribution in [3.63, 3.8) is 0 Å². The Bertz CT molecular complexity index is 1180. The van der Waals surface area contributed by atoms with Gasteiger partial charge < -0.3 is 10.1 Å². The molecule has 0 aromatic heterocycles. The number of sulfonamides is 1. The van der Waals surface area contributed by atoms with Crippen LogP contribution in [0.25, 0.3) is 0 Å². The van der Waals surface area contributed by atoms with Crippen molar-refractivity contribution in [3.05, 3.63) is 88.4 Å². The van der Waals surface area contributed by atoms with Gasteiger partial charge in [0, 0.05) is 5.56 Å². The summed E-state index contributed by atoms with van der Waals surface area (Å²) in [7, 11) is -3.77. The number of carbonyl (C=O) groups is 1. The van der Waals surface area contributed by atoms with Crippen molar-refractivity contribution in [2.45, 2.75) is 18.7 Å². The highest BCUT2D eigenvalue weighted by molar-refractivity contribution is 7.92. The van der Waals surface area contributed by atoms with E-state index in [0.29, 0.717) is 18.7 Å². The molecule has 0 radical (unpaired) electrons. The summed E-state index contributed by atoms with van der Waals surface area (Å²) in [6.45, 7) is 4.67. The van der Waals surface area contributed by atoms with E-state index in [1.165, 1.54) is 35.9 Å². The van der Waals surface area contributed by atoms with E-state index in [-0.39, 0.29) is 21.5 Å². The number of rotatable bonds is 8. The zero-order valence-corrected chi connectivity index (χ0v) is 18.8. The third kappa shape index (κ3) is 5.99. The molecule has 1 amide bonds. The van der Waals surface area contributed by atoms with Crippen molar-refractivity contribution in [1.82, 2.24) is 5.32 Å². The van der Waals surface area contributed by atoms with Gasteiger partial charge >= 0.3 is 0 Å². The average molecular weight is 459 g/mol. The van der Waals surface area contributed by atoms with Crippen LogP contribution in [0.4, 0.5) is 5.69 Å². The van der Waals surface area contributed by atoms with Crippen molar-refractivity contribution >= 4 is 33.2 Å². The maximum absolute atomic E-state index is 12.4. The molecule has 31 heavy (non-hydrogen) atoms. The van der Waals surface area contributed by atoms with Crippen LogP contribution in [0, 0.1) is 13.8 Å². The van der Waals surface area contributed by atoms with Gasteiger partial charge in [-0.05, 0) is 67.4 Å². The van der Waals surface area contributed by atoms with Crippen molar-refractivity contribution < 1.29 is 17.9 Å². The Hall–Kier alpha value is -3.03. The number of hydrogen-bond donors (Lipinski definition) is 2. The van der Waals surface area contributed by atoms with Gasteiger partial charge in [-0.15, -0.1) is 0 Å². The van der Waals surface area contributed by atoms with Crippen LogP contribution in [0.3, 0.4) is 0 Å². The first kappa shape index (κ1) is 22.7. The first-order valence-electron chi connectivity index (χ1n) is 9.62. The van der Waals surface area contributed by atoms with Gasteiger partial charge in [-0.2, -0.15) is 0 Å². The second kappa shape index (κ2) is 9.85. The fourth-order valence-electron chi connectivity index (χ4n) is 2.78. The van der Waals surface area contributed by atoms with E-state index in [9.17, 15) is 13.2 Å². The van der Waals surface area contributed by atoms with E-state index >= 15 is 0 Å². The minimum Gasteiger partial charge on any atom is -0.492 e. The summed E-state index contributed by atoms with van der Waals surface area (Å²) in [5, 5.41) is 2.88. The van der Waals surface area contributed by atoms with Crippen LogP contribution in [0.15, 0.2) is 71.6 Å². The molecule has 162 valence electrons. The molecule has 0 aliphatic rings. The summed E-state index contributed by atoms with van der Waals surface area (Å²) < 4.78 is 33.0. The van der Waals surface area contributed by atoms with Gasteiger partial charge in [-0.3, -0.25) is 9.52 Å². The number of halogens is 1. The second-order valence-corrected chi connectivity index (χ2v) is 9.05. The Kier molecular flexibility index (Phi) is 7.20. The predicted octanol–water partition coefficient (Wildman–Crippen LogP) is 4.57. The third-order valence-electron chi connectivity index (χ3n) is 4.66. The van der Waals surface area contributed by atoms with Gasteiger partial charge in [0.2, 0.25) is 0 Å². The van der Waals surface area contributed by atoms with Gasteiger partial charge in [0.25, 0.3) is 15.9 Å². The smallest absolute Gasteiger partial charge is 0.261 e. The summed E-state index contributed by atoms with van der Waals surface area (Å²) in [6, 6.07) is 18.2. The van der Waals surface area contributed by atoms with Crippen LogP contribution in [0.2, 0.25) is 5.02 Å². The number of amides is 1. The van der Waals surface area contributed by atoms with E-state index in [1.807, 2.05) is 32.0 Å². The predicted molar refractivity (Wildman–Crippen MR) is 122 cm³/mol. The topological polar surface area (TPSA) is 84.5 Å². The third-order valence-corrected chi connectivity index (χ3v) is 6.36. The number of ether oxygens (including phenoxy) is 1. The minimum absolute atomic E-state index is 0.122. The highest BCUT2D eigenvalue weighted by atomic mass is 35.5. The Morgan fingerprint density at radius 2 is 1.71 bits per heavy atom. The SMILES string of the molecule is Cc1ccc(OCCNC(=O)c2ccc(NS(=O)(=O)c3ccccc3)c(Cl)c2)cc1C. The first-order valence-corrected chi connectivity index (χ1v) is 11.5. The zero-order valence-electron chi connectivity index (χ0n) is 17.2. The highest BCUT2D eigenvalue weighted by Crippen LogP contribution is 2.26. The van der Waals surface area contributed by atoms with Gasteiger partial charge in [-0.25, -0.2) is 8.42 Å². The van der Waals surface area contributed by atoms with Gasteiger partial charge in [-0.1, -0.05) is 35.9 Å². The highest BCUT2D eigenvalue weighted by Gasteiger charge is 2.16. The van der Waals surface area contributed by atoms with E-state index in [4.69, 9.17) is 16.3 Å². The van der Waals surface area contributed by atoms with Crippen molar-refractivity contribution in [1.29, 1.82) is 0 Å². The molecule has 0 unspecified atom stereocenters. The average Bonchev–Trinajstić information content (AvgIpc) is 2.75. The molecule has 0 spiro atoms. The van der Waals surface area contributed by atoms with Crippen molar-refractivity contribution in [3.8, 4) is 5.75 Å². The van der Waals surface area contributed by atoms with Crippen molar-refractivity contribution in [2.75, 3.05) is 17.9 Å². The number of nitrogens with one attached hydrogen (secondary N) is 2. The Balaban J connectivity index is 1.56. The van der Waals surface area contributed by atoms with Crippen LogP contribution in [0.5, 0.6) is 5.75 Å². The number of carbonyl (C=O) groups excluding carboxylic acids is 1. The minimum atomic E-state index is -3.77. The molecule has 0 saturated carbocycles. The molecule has 0 heterocycles. The summed E-state index contributed by atoms with van der Waals surface area (Å²) in [4.78, 5) is 12.5. The maximum Gasteiger partial charge on any atom is 0.261 e. The molecular formula is C23H23ClN2O4S. The standard InChI is InChI=1S/C23H23ClN2O4S/c1-16-8-10-19(14-17(16)2)30-13-12-25-23(27)18-9-11-22(21(24)15-18)26-31(28,29)20-6-4-3-5-7-20/h3-11,14-15,26H,12-13H2,1-2H3,(H,25,27). The molecule has 3 rings (SSSR count). The Morgan fingerprint density at radius 1 is 0.968 bits per heavy atom. The van der Waals surface area contributed by atoms with Crippen LogP contribution >= 0.6 is 11.6 Å². The lowest BCUT2D eigenvalue weighted by Gasteiger charge is -2.12. The van der Waals surface area contributed by atoms with Crippen molar-refractivity contribution in [2.24, 2.45) is 0 Å². The van der Waals surface area contributed by atoms with E-state index < -0.39 is 10.0 Å². The molecule has 3 aromatic rings. The molecule has 3 aromatic carbocycles. The monoisotopic (exact) mass is 458 g/mol. The van der Waals surface area contributed by atoms with E-state index in [0.717, 1.165) is 11.3 Å². The molecule has 0 atom stereocenters. The Morgan fingerprint density at radius 3 is 2.39 bits per heavy atom. The number of aryl methyl sites for hydroxylation is 2. The van der Waals surface area contributed by atoms with Gasteiger partial charge in [0.1, 0.15) is 12.4 Å². The molecule has 0 saturated heterocycles. The first-order chi connectivity index (χ1) is 14.8. The molecule has 0 bridgehead atoms.